The Balaban J connectivity index is 1.47. The summed E-state index contributed by atoms with van der Waals surface area (Å²) in [6.07, 6.45) is 2.67. The van der Waals surface area contributed by atoms with Crippen LogP contribution in [0.25, 0.3) is 0 Å². The lowest BCUT2D eigenvalue weighted by Gasteiger charge is -2.50. The number of methoxy groups -OCH3 is 1. The van der Waals surface area contributed by atoms with Gasteiger partial charge in [-0.1, -0.05) is 0 Å². The standard InChI is InChI=1S/C21H25FN2O2/c1-25-18-10-6-17(7-11-18)24-15-21(20(24)14-23-12-2-3-13-23)26-19-8-4-16(22)5-9-19/h4-11,20-21H,2-3,12-15H2,1H3/t20-,21-/m1/s1. The molecule has 138 valence electrons. The van der Waals surface area contributed by atoms with Gasteiger partial charge in [-0.25, -0.2) is 4.39 Å². The fraction of sp³-hybridized carbons (Fsp3) is 0.429. The zero-order valence-electron chi connectivity index (χ0n) is 15.1. The molecule has 2 aliphatic heterocycles. The van der Waals surface area contributed by atoms with Gasteiger partial charge in [-0.15, -0.1) is 0 Å². The number of ether oxygens (including phenoxy) is 2. The summed E-state index contributed by atoms with van der Waals surface area (Å²) in [5.74, 6) is 1.36. The number of hydrogen-bond acceptors (Lipinski definition) is 4. The van der Waals surface area contributed by atoms with Crippen LogP contribution in [0.15, 0.2) is 48.5 Å². The molecule has 2 fully saturated rings. The quantitative estimate of drug-likeness (QED) is 0.790. The third-order valence-corrected chi connectivity index (χ3v) is 5.36. The molecule has 0 aliphatic carbocycles. The average Bonchev–Trinajstić information content (AvgIpc) is 3.18. The van der Waals surface area contributed by atoms with Crippen molar-refractivity contribution >= 4 is 5.69 Å². The minimum absolute atomic E-state index is 0.114. The highest BCUT2D eigenvalue weighted by atomic mass is 19.1. The summed E-state index contributed by atoms with van der Waals surface area (Å²) in [4.78, 5) is 4.91. The van der Waals surface area contributed by atoms with E-state index in [1.807, 2.05) is 12.1 Å². The average molecular weight is 356 g/mol. The van der Waals surface area contributed by atoms with Crippen molar-refractivity contribution in [3.05, 3.63) is 54.3 Å². The first-order valence-corrected chi connectivity index (χ1v) is 9.28. The summed E-state index contributed by atoms with van der Waals surface area (Å²) in [5.41, 5.74) is 1.19. The molecule has 2 aromatic carbocycles. The molecule has 2 atom stereocenters. The molecule has 2 aromatic rings. The van der Waals surface area contributed by atoms with Gasteiger partial charge in [0.25, 0.3) is 0 Å². The smallest absolute Gasteiger partial charge is 0.138 e. The lowest BCUT2D eigenvalue weighted by molar-refractivity contribution is 0.0938. The highest BCUT2D eigenvalue weighted by Crippen LogP contribution is 2.32. The van der Waals surface area contributed by atoms with Crippen LogP contribution in [-0.2, 0) is 0 Å². The second kappa shape index (κ2) is 7.54. The molecule has 4 rings (SSSR count). The third-order valence-electron chi connectivity index (χ3n) is 5.36. The van der Waals surface area contributed by atoms with Gasteiger partial charge in [0.2, 0.25) is 0 Å². The minimum Gasteiger partial charge on any atom is -0.497 e. The molecule has 0 spiro atoms. The maximum atomic E-state index is 13.1. The van der Waals surface area contributed by atoms with Gasteiger partial charge in [-0.2, -0.15) is 0 Å². The van der Waals surface area contributed by atoms with Crippen LogP contribution in [0.4, 0.5) is 10.1 Å². The highest BCUT2D eigenvalue weighted by Gasteiger charge is 2.42. The van der Waals surface area contributed by atoms with Gasteiger partial charge in [-0.05, 0) is 74.5 Å². The van der Waals surface area contributed by atoms with E-state index < -0.39 is 0 Å². The number of nitrogens with zero attached hydrogens (tertiary/aromatic N) is 2. The Bertz CT molecular complexity index is 714. The number of hydrogen-bond donors (Lipinski definition) is 0. The van der Waals surface area contributed by atoms with Crippen molar-refractivity contribution in [1.29, 1.82) is 0 Å². The number of benzene rings is 2. The molecule has 26 heavy (non-hydrogen) atoms. The Morgan fingerprint density at radius 2 is 1.62 bits per heavy atom. The lowest BCUT2D eigenvalue weighted by atomic mass is 9.97. The number of anilines is 1. The molecule has 0 unspecified atom stereocenters. The molecule has 2 aliphatic rings. The topological polar surface area (TPSA) is 24.9 Å². The van der Waals surface area contributed by atoms with Gasteiger partial charge in [0.1, 0.15) is 23.4 Å². The van der Waals surface area contributed by atoms with Crippen LogP contribution in [0, 0.1) is 5.82 Å². The van der Waals surface area contributed by atoms with Crippen molar-refractivity contribution in [3.8, 4) is 11.5 Å². The van der Waals surface area contributed by atoms with Gasteiger partial charge >= 0.3 is 0 Å². The van der Waals surface area contributed by atoms with Crippen molar-refractivity contribution in [1.82, 2.24) is 4.90 Å². The molecule has 0 amide bonds. The summed E-state index contributed by atoms with van der Waals surface area (Å²) < 4.78 is 24.6. The largest absolute Gasteiger partial charge is 0.497 e. The molecule has 5 heteroatoms. The van der Waals surface area contributed by atoms with Crippen LogP contribution in [0.2, 0.25) is 0 Å². The van der Waals surface area contributed by atoms with Crippen LogP contribution >= 0.6 is 0 Å². The van der Waals surface area contributed by atoms with E-state index in [4.69, 9.17) is 9.47 Å². The summed E-state index contributed by atoms with van der Waals surface area (Å²) >= 11 is 0. The Labute approximate surface area is 154 Å². The molecule has 0 radical (unpaired) electrons. The van der Waals surface area contributed by atoms with E-state index in [1.54, 1.807) is 19.2 Å². The first-order valence-electron chi connectivity index (χ1n) is 9.28. The Hall–Kier alpha value is -2.27. The summed E-state index contributed by atoms with van der Waals surface area (Å²) in [7, 11) is 1.68. The minimum atomic E-state index is -0.237. The molecule has 0 N–H and O–H groups in total. The van der Waals surface area contributed by atoms with Crippen molar-refractivity contribution in [2.45, 2.75) is 25.0 Å². The van der Waals surface area contributed by atoms with E-state index in [0.29, 0.717) is 6.04 Å². The SMILES string of the molecule is COc1ccc(N2C[C@@H](Oc3ccc(F)cc3)[C@H]2CN2CCCC2)cc1. The van der Waals surface area contributed by atoms with Gasteiger partial charge in [0, 0.05) is 12.2 Å². The maximum absolute atomic E-state index is 13.1. The van der Waals surface area contributed by atoms with Gasteiger partial charge in [-0.3, -0.25) is 0 Å². The molecule has 2 heterocycles. The van der Waals surface area contributed by atoms with Gasteiger partial charge in [0.05, 0.1) is 19.7 Å². The van der Waals surface area contributed by atoms with Crippen LogP contribution in [-0.4, -0.2) is 50.3 Å². The fourth-order valence-electron chi connectivity index (χ4n) is 3.83. The van der Waals surface area contributed by atoms with Crippen LogP contribution < -0.4 is 14.4 Å². The Kier molecular flexibility index (Phi) is 4.98. The van der Waals surface area contributed by atoms with Crippen molar-refractivity contribution < 1.29 is 13.9 Å². The molecular weight excluding hydrogens is 331 g/mol. The van der Waals surface area contributed by atoms with E-state index in [1.165, 1.54) is 30.7 Å². The number of rotatable bonds is 6. The molecule has 2 saturated heterocycles. The van der Waals surface area contributed by atoms with Gasteiger partial charge in [0.15, 0.2) is 0 Å². The van der Waals surface area contributed by atoms with Crippen LogP contribution in [0.3, 0.4) is 0 Å². The van der Waals surface area contributed by atoms with E-state index in [-0.39, 0.29) is 11.9 Å². The summed E-state index contributed by atoms with van der Waals surface area (Å²) in [5, 5.41) is 0. The summed E-state index contributed by atoms with van der Waals surface area (Å²) in [6.45, 7) is 4.16. The fourth-order valence-corrected chi connectivity index (χ4v) is 3.83. The molecule has 0 saturated carbocycles. The first-order chi connectivity index (χ1) is 12.7. The van der Waals surface area contributed by atoms with Crippen molar-refractivity contribution in [2.24, 2.45) is 0 Å². The predicted molar refractivity (Wildman–Crippen MR) is 101 cm³/mol. The van der Waals surface area contributed by atoms with E-state index in [2.05, 4.69) is 21.9 Å². The first kappa shape index (κ1) is 17.2. The van der Waals surface area contributed by atoms with Gasteiger partial charge < -0.3 is 19.3 Å². The van der Waals surface area contributed by atoms with E-state index >= 15 is 0 Å². The number of likely N-dealkylation sites (tertiary alicyclic amines) is 1. The highest BCUT2D eigenvalue weighted by molar-refractivity contribution is 5.53. The number of halogens is 1. The second-order valence-electron chi connectivity index (χ2n) is 7.04. The van der Waals surface area contributed by atoms with Crippen LogP contribution in [0.5, 0.6) is 11.5 Å². The Morgan fingerprint density at radius 3 is 2.27 bits per heavy atom. The van der Waals surface area contributed by atoms with Crippen LogP contribution in [0.1, 0.15) is 12.8 Å². The zero-order valence-corrected chi connectivity index (χ0v) is 15.1. The lowest BCUT2D eigenvalue weighted by Crippen LogP contribution is -2.66. The van der Waals surface area contributed by atoms with Crippen molar-refractivity contribution in [2.75, 3.05) is 38.2 Å². The van der Waals surface area contributed by atoms with E-state index in [0.717, 1.165) is 37.7 Å². The molecule has 0 bridgehead atoms. The molecule has 0 aromatic heterocycles. The summed E-state index contributed by atoms with van der Waals surface area (Å²) in [6, 6.07) is 14.8. The Morgan fingerprint density at radius 1 is 0.962 bits per heavy atom. The maximum Gasteiger partial charge on any atom is 0.138 e. The monoisotopic (exact) mass is 356 g/mol. The molecule has 4 nitrogen and oxygen atoms in total. The van der Waals surface area contributed by atoms with Crippen molar-refractivity contribution in [3.63, 3.8) is 0 Å². The molecular formula is C21H25FN2O2. The second-order valence-corrected chi connectivity index (χ2v) is 7.04. The third kappa shape index (κ3) is 3.63. The van der Waals surface area contributed by atoms with E-state index in [9.17, 15) is 4.39 Å². The normalized spacial score (nSPS) is 22.9. The zero-order chi connectivity index (χ0) is 17.9. The predicted octanol–water partition coefficient (Wildman–Crippen LogP) is 3.57.